The molecule has 0 aromatic carbocycles. The quantitative estimate of drug-likeness (QED) is 0.560. The highest BCUT2D eigenvalue weighted by molar-refractivity contribution is 7.10. The van der Waals surface area contributed by atoms with Gasteiger partial charge in [-0.25, -0.2) is 0 Å². The van der Waals surface area contributed by atoms with E-state index in [-0.39, 0.29) is 0 Å². The second kappa shape index (κ2) is 3.29. The van der Waals surface area contributed by atoms with Gasteiger partial charge in [0.1, 0.15) is 0 Å². The van der Waals surface area contributed by atoms with E-state index in [0.29, 0.717) is 5.76 Å². The van der Waals surface area contributed by atoms with E-state index in [1.807, 2.05) is 29.6 Å². The normalized spacial score (nSPS) is 9.00. The van der Waals surface area contributed by atoms with Gasteiger partial charge >= 0.3 is 0 Å². The Labute approximate surface area is 74.7 Å². The zero-order chi connectivity index (χ0) is 8.23. The Morgan fingerprint density at radius 1 is 1.17 bits per heavy atom. The van der Waals surface area contributed by atoms with Gasteiger partial charge < -0.3 is 4.42 Å². The van der Waals surface area contributed by atoms with Crippen LogP contribution in [0.1, 0.15) is 10.6 Å². The maximum Gasteiger partial charge on any atom is 0.176 e. The summed E-state index contributed by atoms with van der Waals surface area (Å²) in [6.07, 6.45) is 1.62. The van der Waals surface area contributed by atoms with E-state index in [0.717, 1.165) is 4.88 Å². The predicted molar refractivity (Wildman–Crippen MR) is 49.0 cm³/mol. The van der Waals surface area contributed by atoms with Crippen molar-refractivity contribution in [2.24, 2.45) is 0 Å². The lowest BCUT2D eigenvalue weighted by Gasteiger charge is -1.76. The average molecular weight is 174 g/mol. The molecule has 0 fully saturated rings. The van der Waals surface area contributed by atoms with E-state index >= 15 is 0 Å². The Hall–Kier alpha value is -1.46. The first kappa shape index (κ1) is 7.20. The molecule has 0 spiro atoms. The molecule has 0 aliphatic carbocycles. The predicted octanol–water partition coefficient (Wildman–Crippen LogP) is 2.74. The van der Waals surface area contributed by atoms with E-state index in [2.05, 4.69) is 11.8 Å². The number of hydrogen-bond acceptors (Lipinski definition) is 2. The number of thiophene rings is 1. The lowest BCUT2D eigenvalue weighted by Crippen LogP contribution is -1.63. The molecule has 2 aromatic rings. The Morgan fingerprint density at radius 2 is 2.17 bits per heavy atom. The molecule has 0 amide bonds. The van der Waals surface area contributed by atoms with Gasteiger partial charge in [-0.2, -0.15) is 0 Å². The molecule has 0 aliphatic rings. The largest absolute Gasteiger partial charge is 0.456 e. The van der Waals surface area contributed by atoms with Crippen molar-refractivity contribution in [3.8, 4) is 11.8 Å². The summed E-state index contributed by atoms with van der Waals surface area (Å²) in [5.74, 6) is 6.63. The maximum atomic E-state index is 5.06. The van der Waals surface area contributed by atoms with Crippen LogP contribution in [0.25, 0.3) is 0 Å². The van der Waals surface area contributed by atoms with Crippen molar-refractivity contribution in [2.75, 3.05) is 0 Å². The fourth-order valence-corrected chi connectivity index (χ4v) is 1.39. The van der Waals surface area contributed by atoms with Crippen LogP contribution in [0.2, 0.25) is 0 Å². The van der Waals surface area contributed by atoms with Crippen molar-refractivity contribution >= 4 is 11.3 Å². The molecule has 0 atom stereocenters. The minimum Gasteiger partial charge on any atom is -0.456 e. The fourth-order valence-electron chi connectivity index (χ4n) is 0.823. The van der Waals surface area contributed by atoms with E-state index in [1.165, 1.54) is 0 Å². The Balaban J connectivity index is 2.22. The molecule has 2 heteroatoms. The van der Waals surface area contributed by atoms with Crippen LogP contribution in [0.15, 0.2) is 40.3 Å². The first-order chi connectivity index (χ1) is 5.95. The molecule has 2 heterocycles. The van der Waals surface area contributed by atoms with E-state index in [1.54, 1.807) is 17.6 Å². The molecule has 0 N–H and O–H groups in total. The average Bonchev–Trinajstić information content (AvgIpc) is 2.74. The van der Waals surface area contributed by atoms with Gasteiger partial charge in [0, 0.05) is 0 Å². The first-order valence-electron chi connectivity index (χ1n) is 3.54. The van der Waals surface area contributed by atoms with Crippen molar-refractivity contribution in [1.82, 2.24) is 0 Å². The SMILES string of the molecule is C(#Cc1cccs1)c1ccco1. The van der Waals surface area contributed by atoms with Gasteiger partial charge in [-0.1, -0.05) is 6.07 Å². The topological polar surface area (TPSA) is 13.1 Å². The van der Waals surface area contributed by atoms with Gasteiger partial charge in [-0.15, -0.1) is 11.3 Å². The molecule has 0 unspecified atom stereocenters. The molecule has 2 rings (SSSR count). The lowest BCUT2D eigenvalue weighted by atomic mass is 10.4. The molecular formula is C10H6OS. The summed E-state index contributed by atoms with van der Waals surface area (Å²) in [5, 5.41) is 2.01. The molecule has 1 nitrogen and oxygen atoms in total. The second-order valence-corrected chi connectivity index (χ2v) is 3.15. The van der Waals surface area contributed by atoms with Crippen LogP contribution in [0.5, 0.6) is 0 Å². The van der Waals surface area contributed by atoms with E-state index in [4.69, 9.17) is 4.42 Å². The van der Waals surface area contributed by atoms with Gasteiger partial charge in [0.15, 0.2) is 5.76 Å². The summed E-state index contributed by atoms with van der Waals surface area (Å²) in [6.45, 7) is 0. The van der Waals surface area contributed by atoms with Crippen LogP contribution >= 0.6 is 11.3 Å². The van der Waals surface area contributed by atoms with Crippen LogP contribution in [0.4, 0.5) is 0 Å². The minimum absolute atomic E-state index is 0.711. The standard InChI is InChI=1S/C10H6OS/c1-3-9(11-7-1)5-6-10-4-2-8-12-10/h1-4,7-8H. The molecule has 0 saturated carbocycles. The third-order valence-corrected chi connectivity index (χ3v) is 2.14. The highest BCUT2D eigenvalue weighted by Crippen LogP contribution is 2.06. The first-order valence-corrected chi connectivity index (χ1v) is 4.42. The zero-order valence-corrected chi connectivity index (χ0v) is 7.10. The zero-order valence-electron chi connectivity index (χ0n) is 6.28. The van der Waals surface area contributed by atoms with E-state index in [9.17, 15) is 0 Å². The summed E-state index contributed by atoms with van der Waals surface area (Å²) in [6, 6.07) is 7.65. The smallest absolute Gasteiger partial charge is 0.176 e. The molecule has 58 valence electrons. The summed E-state index contributed by atoms with van der Waals surface area (Å²) >= 11 is 1.63. The molecular weight excluding hydrogens is 168 g/mol. The van der Waals surface area contributed by atoms with Crippen molar-refractivity contribution in [3.63, 3.8) is 0 Å². The Bertz CT molecular complexity index is 348. The van der Waals surface area contributed by atoms with Crippen LogP contribution in [-0.2, 0) is 0 Å². The number of furan rings is 1. The lowest BCUT2D eigenvalue weighted by molar-refractivity contribution is 0.554. The minimum atomic E-state index is 0.711. The number of hydrogen-bond donors (Lipinski definition) is 0. The van der Waals surface area contributed by atoms with Gasteiger partial charge in [0.2, 0.25) is 0 Å². The Morgan fingerprint density at radius 3 is 2.83 bits per heavy atom. The summed E-state index contributed by atoms with van der Waals surface area (Å²) in [5.41, 5.74) is 0. The third kappa shape index (κ3) is 1.58. The van der Waals surface area contributed by atoms with Crippen LogP contribution in [0, 0.1) is 11.8 Å². The Kier molecular flexibility index (Phi) is 1.98. The van der Waals surface area contributed by atoms with Gasteiger partial charge in [0.05, 0.1) is 11.1 Å². The van der Waals surface area contributed by atoms with Crippen LogP contribution in [0.3, 0.4) is 0 Å². The molecule has 0 aliphatic heterocycles. The fraction of sp³-hybridized carbons (Fsp3) is 0. The molecule has 12 heavy (non-hydrogen) atoms. The van der Waals surface area contributed by atoms with Gasteiger partial charge in [-0.3, -0.25) is 0 Å². The highest BCUT2D eigenvalue weighted by Gasteiger charge is 1.87. The van der Waals surface area contributed by atoms with Gasteiger partial charge in [-0.05, 0) is 35.4 Å². The number of rotatable bonds is 0. The monoisotopic (exact) mass is 174 g/mol. The summed E-state index contributed by atoms with van der Waals surface area (Å²) in [7, 11) is 0. The molecule has 2 aromatic heterocycles. The van der Waals surface area contributed by atoms with Crippen molar-refractivity contribution < 1.29 is 4.42 Å². The third-order valence-electron chi connectivity index (χ3n) is 1.35. The second-order valence-electron chi connectivity index (χ2n) is 2.20. The van der Waals surface area contributed by atoms with Gasteiger partial charge in [0.25, 0.3) is 0 Å². The summed E-state index contributed by atoms with van der Waals surface area (Å²) < 4.78 is 5.06. The van der Waals surface area contributed by atoms with Crippen LogP contribution in [-0.4, -0.2) is 0 Å². The van der Waals surface area contributed by atoms with Crippen molar-refractivity contribution in [2.45, 2.75) is 0 Å². The highest BCUT2D eigenvalue weighted by atomic mass is 32.1. The van der Waals surface area contributed by atoms with E-state index < -0.39 is 0 Å². The maximum absolute atomic E-state index is 5.06. The summed E-state index contributed by atoms with van der Waals surface area (Å²) in [4.78, 5) is 1.06. The molecule has 0 radical (unpaired) electrons. The molecule has 0 saturated heterocycles. The van der Waals surface area contributed by atoms with Crippen molar-refractivity contribution in [3.05, 3.63) is 46.5 Å². The molecule has 0 bridgehead atoms. The van der Waals surface area contributed by atoms with Crippen LogP contribution < -0.4 is 0 Å². The van der Waals surface area contributed by atoms with Crippen molar-refractivity contribution in [1.29, 1.82) is 0 Å².